The lowest BCUT2D eigenvalue weighted by molar-refractivity contribution is -0.138. The molecule has 0 unspecified atom stereocenters. The molecule has 0 saturated carbocycles. The Labute approximate surface area is 110 Å². The number of benzene rings is 1. The molecule has 1 aromatic carbocycles. The monoisotopic (exact) mass is 261 g/mol. The van der Waals surface area contributed by atoms with E-state index in [4.69, 9.17) is 5.11 Å². The minimum absolute atomic E-state index is 0.779. The summed E-state index contributed by atoms with van der Waals surface area (Å²) >= 11 is 1.28. The first-order valence-corrected chi connectivity index (χ1v) is 6.50. The van der Waals surface area contributed by atoms with E-state index in [1.807, 2.05) is 37.3 Å². The highest BCUT2D eigenvalue weighted by atomic mass is 32.2. The van der Waals surface area contributed by atoms with Crippen molar-refractivity contribution in [1.82, 2.24) is 4.98 Å². The molecule has 0 saturated heterocycles. The Bertz CT molecular complexity index is 608. The van der Waals surface area contributed by atoms with Gasteiger partial charge < -0.3 is 5.11 Å². The third-order valence-corrected chi connectivity index (χ3v) is 4.03. The van der Waals surface area contributed by atoms with E-state index in [2.05, 4.69) is 4.98 Å². The van der Waals surface area contributed by atoms with Crippen LogP contribution in [0.3, 0.4) is 0 Å². The average Bonchev–Trinajstić information content (AvgIpc) is 2.29. The lowest BCUT2D eigenvalue weighted by Crippen LogP contribution is -2.27. The van der Waals surface area contributed by atoms with E-state index in [0.717, 1.165) is 21.5 Å². The molecular weight excluding hydrogens is 246 g/mol. The topological polar surface area (TPSA) is 50.2 Å². The molecule has 18 heavy (non-hydrogen) atoms. The highest BCUT2D eigenvalue weighted by Gasteiger charge is 2.29. The van der Waals surface area contributed by atoms with Crippen LogP contribution >= 0.6 is 11.8 Å². The Morgan fingerprint density at radius 3 is 2.67 bits per heavy atom. The Kier molecular flexibility index (Phi) is 3.30. The highest BCUT2D eigenvalue weighted by Crippen LogP contribution is 2.34. The molecule has 0 bridgehead atoms. The Morgan fingerprint density at radius 1 is 1.33 bits per heavy atom. The van der Waals surface area contributed by atoms with Gasteiger partial charge in [-0.2, -0.15) is 0 Å². The Balaban J connectivity index is 2.45. The normalized spacial score (nSPS) is 11.7. The van der Waals surface area contributed by atoms with Crippen LogP contribution in [0.1, 0.15) is 19.4 Å². The molecule has 0 aliphatic rings. The number of pyridine rings is 1. The van der Waals surface area contributed by atoms with Gasteiger partial charge in [0.2, 0.25) is 0 Å². The van der Waals surface area contributed by atoms with E-state index in [1.165, 1.54) is 11.8 Å². The smallest absolute Gasteiger partial charge is 0.319 e. The molecule has 0 amide bonds. The molecule has 4 heteroatoms. The molecule has 0 radical (unpaired) electrons. The van der Waals surface area contributed by atoms with Crippen LogP contribution in [-0.4, -0.2) is 20.8 Å². The third kappa shape index (κ3) is 2.48. The Morgan fingerprint density at radius 2 is 2.00 bits per heavy atom. The number of nitrogens with zero attached hydrogens (tertiary/aromatic N) is 1. The number of carboxylic acid groups (broad SMARTS) is 1. The lowest BCUT2D eigenvalue weighted by Gasteiger charge is -2.19. The SMILES string of the molecule is Cc1cc2ccccc2nc1SC(C)(C)C(=O)O. The van der Waals surface area contributed by atoms with Crippen molar-refractivity contribution in [1.29, 1.82) is 0 Å². The van der Waals surface area contributed by atoms with Crippen molar-refractivity contribution in [2.45, 2.75) is 30.5 Å². The van der Waals surface area contributed by atoms with Gasteiger partial charge in [0, 0.05) is 5.39 Å². The minimum atomic E-state index is -0.875. The molecule has 0 aliphatic carbocycles. The van der Waals surface area contributed by atoms with Gasteiger partial charge in [-0.05, 0) is 38.5 Å². The largest absolute Gasteiger partial charge is 0.480 e. The van der Waals surface area contributed by atoms with Gasteiger partial charge in [-0.25, -0.2) is 4.98 Å². The summed E-state index contributed by atoms with van der Waals surface area (Å²) in [6.07, 6.45) is 0. The summed E-state index contributed by atoms with van der Waals surface area (Å²) in [7, 11) is 0. The number of para-hydroxylation sites is 1. The van der Waals surface area contributed by atoms with Crippen molar-refractivity contribution in [2.75, 3.05) is 0 Å². The van der Waals surface area contributed by atoms with E-state index < -0.39 is 10.7 Å². The predicted molar refractivity (Wildman–Crippen MR) is 74.1 cm³/mol. The number of rotatable bonds is 3. The molecular formula is C14H15NO2S. The van der Waals surface area contributed by atoms with E-state index >= 15 is 0 Å². The zero-order chi connectivity index (χ0) is 13.3. The quantitative estimate of drug-likeness (QED) is 0.859. The summed E-state index contributed by atoms with van der Waals surface area (Å²) in [5.41, 5.74) is 1.90. The summed E-state index contributed by atoms with van der Waals surface area (Å²) < 4.78 is -0.875. The molecule has 3 nitrogen and oxygen atoms in total. The van der Waals surface area contributed by atoms with Crippen LogP contribution in [0, 0.1) is 6.92 Å². The van der Waals surface area contributed by atoms with Gasteiger partial charge >= 0.3 is 5.97 Å². The lowest BCUT2D eigenvalue weighted by atomic mass is 10.2. The molecule has 94 valence electrons. The zero-order valence-electron chi connectivity index (χ0n) is 10.6. The Hall–Kier alpha value is -1.55. The number of carboxylic acids is 1. The van der Waals surface area contributed by atoms with Crippen molar-refractivity contribution >= 4 is 28.6 Å². The van der Waals surface area contributed by atoms with Crippen molar-refractivity contribution in [3.05, 3.63) is 35.9 Å². The third-order valence-electron chi connectivity index (χ3n) is 2.73. The van der Waals surface area contributed by atoms with Crippen LogP contribution in [0.5, 0.6) is 0 Å². The summed E-state index contributed by atoms with van der Waals surface area (Å²) in [6, 6.07) is 9.89. The molecule has 0 spiro atoms. The van der Waals surface area contributed by atoms with Gasteiger partial charge in [0.1, 0.15) is 9.77 Å². The van der Waals surface area contributed by atoms with E-state index in [1.54, 1.807) is 13.8 Å². The van der Waals surface area contributed by atoms with Gasteiger partial charge in [-0.1, -0.05) is 30.0 Å². The number of aliphatic carboxylic acids is 1. The first kappa shape index (κ1) is 12.9. The van der Waals surface area contributed by atoms with Crippen LogP contribution in [-0.2, 0) is 4.79 Å². The van der Waals surface area contributed by atoms with Crippen LogP contribution in [0.25, 0.3) is 10.9 Å². The van der Waals surface area contributed by atoms with Gasteiger partial charge in [0.05, 0.1) is 5.52 Å². The van der Waals surface area contributed by atoms with E-state index in [0.29, 0.717) is 0 Å². The summed E-state index contributed by atoms with van der Waals surface area (Å²) in [6.45, 7) is 5.34. The maximum Gasteiger partial charge on any atom is 0.319 e. The molecule has 1 heterocycles. The highest BCUT2D eigenvalue weighted by molar-refractivity contribution is 8.01. The van der Waals surface area contributed by atoms with Crippen LogP contribution in [0.2, 0.25) is 0 Å². The summed E-state index contributed by atoms with van der Waals surface area (Å²) in [5.74, 6) is -0.832. The predicted octanol–water partition coefficient (Wildman–Crippen LogP) is 3.50. The maximum absolute atomic E-state index is 11.2. The number of aryl methyl sites for hydroxylation is 1. The number of carbonyl (C=O) groups is 1. The van der Waals surface area contributed by atoms with Gasteiger partial charge in [0.15, 0.2) is 0 Å². The second-order valence-corrected chi connectivity index (χ2v) is 6.33. The van der Waals surface area contributed by atoms with Gasteiger partial charge in [-0.3, -0.25) is 4.79 Å². The van der Waals surface area contributed by atoms with E-state index in [-0.39, 0.29) is 0 Å². The molecule has 1 N–H and O–H groups in total. The second-order valence-electron chi connectivity index (χ2n) is 4.72. The minimum Gasteiger partial charge on any atom is -0.480 e. The van der Waals surface area contributed by atoms with Crippen LogP contribution in [0.4, 0.5) is 0 Å². The average molecular weight is 261 g/mol. The first-order chi connectivity index (χ1) is 8.40. The van der Waals surface area contributed by atoms with Crippen molar-refractivity contribution in [2.24, 2.45) is 0 Å². The number of hydrogen-bond donors (Lipinski definition) is 1. The summed E-state index contributed by atoms with van der Waals surface area (Å²) in [4.78, 5) is 15.7. The number of aromatic nitrogens is 1. The van der Waals surface area contributed by atoms with Crippen LogP contribution < -0.4 is 0 Å². The molecule has 0 aliphatic heterocycles. The van der Waals surface area contributed by atoms with Gasteiger partial charge in [0.25, 0.3) is 0 Å². The van der Waals surface area contributed by atoms with Crippen molar-refractivity contribution < 1.29 is 9.90 Å². The maximum atomic E-state index is 11.2. The fourth-order valence-electron chi connectivity index (χ4n) is 1.59. The first-order valence-electron chi connectivity index (χ1n) is 5.69. The number of fused-ring (bicyclic) bond motifs is 1. The number of hydrogen-bond acceptors (Lipinski definition) is 3. The standard InChI is InChI=1S/C14H15NO2S/c1-9-8-10-6-4-5-7-11(10)15-12(9)18-14(2,3)13(16)17/h4-8H,1-3H3,(H,16,17). The number of thioether (sulfide) groups is 1. The zero-order valence-corrected chi connectivity index (χ0v) is 11.4. The van der Waals surface area contributed by atoms with Crippen molar-refractivity contribution in [3.63, 3.8) is 0 Å². The fourth-order valence-corrected chi connectivity index (χ4v) is 2.53. The van der Waals surface area contributed by atoms with Gasteiger partial charge in [-0.15, -0.1) is 0 Å². The van der Waals surface area contributed by atoms with E-state index in [9.17, 15) is 4.79 Å². The van der Waals surface area contributed by atoms with Crippen LogP contribution in [0.15, 0.2) is 35.4 Å². The summed E-state index contributed by atoms with van der Waals surface area (Å²) in [5, 5.41) is 11.0. The molecule has 2 rings (SSSR count). The molecule has 1 aromatic heterocycles. The van der Waals surface area contributed by atoms with Crippen molar-refractivity contribution in [3.8, 4) is 0 Å². The fraction of sp³-hybridized carbons (Fsp3) is 0.286. The second kappa shape index (κ2) is 4.61. The molecule has 0 atom stereocenters. The molecule has 2 aromatic rings. The molecule has 0 fully saturated rings.